The van der Waals surface area contributed by atoms with E-state index in [-0.39, 0.29) is 6.42 Å². The monoisotopic (exact) mass is 368 g/mol. The van der Waals surface area contributed by atoms with Crippen molar-refractivity contribution < 1.29 is 19.4 Å². The number of nitrogens with one attached hydrogen (secondary N) is 1. The number of ether oxygens (including phenoxy) is 1. The van der Waals surface area contributed by atoms with E-state index in [1.807, 2.05) is 0 Å². The van der Waals surface area contributed by atoms with E-state index in [4.69, 9.17) is 4.74 Å². The van der Waals surface area contributed by atoms with Gasteiger partial charge in [0, 0.05) is 6.20 Å². The van der Waals surface area contributed by atoms with Crippen molar-refractivity contribution in [2.75, 3.05) is 7.11 Å². The van der Waals surface area contributed by atoms with Gasteiger partial charge in [-0.2, -0.15) is 0 Å². The minimum atomic E-state index is -1.12. The summed E-state index contributed by atoms with van der Waals surface area (Å²) in [5.41, 5.74) is 0.531. The number of fused-ring (bicyclic) bond motifs is 1. The van der Waals surface area contributed by atoms with Crippen molar-refractivity contribution in [3.8, 4) is 5.75 Å². The summed E-state index contributed by atoms with van der Waals surface area (Å²) >= 11 is 0. The predicted octanol–water partition coefficient (Wildman–Crippen LogP) is 2.17. The summed E-state index contributed by atoms with van der Waals surface area (Å²) in [4.78, 5) is 24.3. The molecule has 0 saturated heterocycles. The maximum Gasteiger partial charge on any atom is 0.306 e. The van der Waals surface area contributed by atoms with Crippen molar-refractivity contribution in [2.24, 2.45) is 0 Å². The van der Waals surface area contributed by atoms with Gasteiger partial charge in [-0.3, -0.25) is 14.0 Å². The molecule has 0 fully saturated rings. The smallest absolute Gasteiger partial charge is 0.306 e. The molecule has 2 N–H and O–H groups in total. The minimum Gasteiger partial charge on any atom is -0.497 e. The predicted molar refractivity (Wildman–Crippen MR) is 97.8 cm³/mol. The largest absolute Gasteiger partial charge is 0.497 e. The van der Waals surface area contributed by atoms with Crippen LogP contribution < -0.4 is 10.1 Å². The van der Waals surface area contributed by atoms with Gasteiger partial charge in [0.1, 0.15) is 11.6 Å². The lowest BCUT2D eigenvalue weighted by Gasteiger charge is -2.30. The molecule has 1 amide bonds. The number of methoxy groups -OCH3 is 1. The number of carboxylic acid groups (broad SMARTS) is 1. The van der Waals surface area contributed by atoms with Crippen molar-refractivity contribution in [2.45, 2.75) is 25.8 Å². The quantitative estimate of drug-likeness (QED) is 0.691. The lowest BCUT2D eigenvalue weighted by molar-refractivity contribution is -0.138. The second-order valence-electron chi connectivity index (χ2n) is 6.48. The first-order chi connectivity index (χ1) is 12.8. The molecule has 3 rings (SSSR count). The second kappa shape index (κ2) is 7.06. The van der Waals surface area contributed by atoms with Crippen LogP contribution in [0, 0.1) is 6.92 Å². The van der Waals surface area contributed by atoms with Gasteiger partial charge in [-0.25, -0.2) is 0 Å². The number of pyridine rings is 1. The van der Waals surface area contributed by atoms with E-state index < -0.39 is 17.4 Å². The standard InChI is InChI=1S/C19H20N4O4/c1-12-21-22-16-8-7-13(11-23(12)16)18(26)20-19(2,10-17(24)25)14-5-4-6-15(9-14)27-3/h4-9,11H,10H2,1-3H3,(H,20,26)(H,24,25). The Hall–Kier alpha value is -3.42. The van der Waals surface area contributed by atoms with Gasteiger partial charge >= 0.3 is 5.97 Å². The molecule has 1 atom stereocenters. The molecule has 27 heavy (non-hydrogen) atoms. The molecule has 0 saturated carbocycles. The number of hydrogen-bond acceptors (Lipinski definition) is 5. The fraction of sp³-hybridized carbons (Fsp3) is 0.263. The Balaban J connectivity index is 1.96. The Morgan fingerprint density at radius 1 is 1.26 bits per heavy atom. The van der Waals surface area contributed by atoms with E-state index in [0.29, 0.717) is 28.3 Å². The number of aromatic nitrogens is 3. The van der Waals surface area contributed by atoms with E-state index in [1.165, 1.54) is 7.11 Å². The third-order valence-electron chi connectivity index (χ3n) is 4.44. The molecule has 0 aliphatic heterocycles. The summed E-state index contributed by atoms with van der Waals surface area (Å²) < 4.78 is 6.92. The maximum atomic E-state index is 12.9. The van der Waals surface area contributed by atoms with Crippen LogP contribution in [0.4, 0.5) is 0 Å². The van der Waals surface area contributed by atoms with Gasteiger partial charge in [0.25, 0.3) is 5.91 Å². The van der Waals surface area contributed by atoms with Gasteiger partial charge in [0.2, 0.25) is 0 Å². The molecule has 3 aromatic rings. The van der Waals surface area contributed by atoms with Crippen molar-refractivity contribution >= 4 is 17.5 Å². The summed E-state index contributed by atoms with van der Waals surface area (Å²) in [5, 5.41) is 20.2. The number of aryl methyl sites for hydroxylation is 1. The first kappa shape index (κ1) is 18.4. The first-order valence-corrected chi connectivity index (χ1v) is 8.32. The molecule has 8 nitrogen and oxygen atoms in total. The molecule has 0 spiro atoms. The number of hydrogen-bond donors (Lipinski definition) is 2. The Morgan fingerprint density at radius 2 is 2.04 bits per heavy atom. The number of carbonyl (C=O) groups is 2. The first-order valence-electron chi connectivity index (χ1n) is 8.32. The van der Waals surface area contributed by atoms with Crippen LogP contribution in [0.25, 0.3) is 5.65 Å². The molecule has 2 aromatic heterocycles. The molecule has 140 valence electrons. The van der Waals surface area contributed by atoms with E-state index >= 15 is 0 Å². The Morgan fingerprint density at radius 3 is 2.74 bits per heavy atom. The van der Waals surface area contributed by atoms with Crippen LogP contribution in [0.1, 0.15) is 35.1 Å². The fourth-order valence-corrected chi connectivity index (χ4v) is 2.95. The highest BCUT2D eigenvalue weighted by molar-refractivity contribution is 5.95. The molecule has 0 aliphatic carbocycles. The summed E-state index contributed by atoms with van der Waals surface area (Å²) in [7, 11) is 1.53. The molecule has 8 heteroatoms. The topological polar surface area (TPSA) is 106 Å². The second-order valence-corrected chi connectivity index (χ2v) is 6.48. The Labute approximate surface area is 155 Å². The highest BCUT2D eigenvalue weighted by atomic mass is 16.5. The number of nitrogens with zero attached hydrogens (tertiary/aromatic N) is 3. The van der Waals surface area contributed by atoms with Gasteiger partial charge in [0.15, 0.2) is 5.65 Å². The zero-order valence-corrected chi connectivity index (χ0v) is 15.3. The van der Waals surface area contributed by atoms with Gasteiger partial charge in [-0.15, -0.1) is 10.2 Å². The summed E-state index contributed by atoms with van der Waals surface area (Å²) in [6.45, 7) is 3.46. The molecule has 2 heterocycles. The third-order valence-corrected chi connectivity index (χ3v) is 4.44. The number of rotatable bonds is 6. The lowest BCUT2D eigenvalue weighted by Crippen LogP contribution is -2.45. The third kappa shape index (κ3) is 3.74. The zero-order valence-electron chi connectivity index (χ0n) is 15.3. The van der Waals surface area contributed by atoms with Gasteiger partial charge in [-0.1, -0.05) is 12.1 Å². The van der Waals surface area contributed by atoms with Crippen LogP contribution in [0.2, 0.25) is 0 Å². The summed E-state index contributed by atoms with van der Waals surface area (Å²) in [5.74, 6) is -0.178. The molecule has 0 radical (unpaired) electrons. The summed E-state index contributed by atoms with van der Waals surface area (Å²) in [6.07, 6.45) is 1.35. The number of carbonyl (C=O) groups excluding carboxylic acids is 1. The van der Waals surface area contributed by atoms with Crippen LogP contribution in [0.15, 0.2) is 42.6 Å². The minimum absolute atomic E-state index is 0.278. The van der Waals surface area contributed by atoms with Gasteiger partial charge in [-0.05, 0) is 43.7 Å². The van der Waals surface area contributed by atoms with E-state index in [2.05, 4.69) is 15.5 Å². The van der Waals surface area contributed by atoms with Crippen molar-refractivity contribution in [3.63, 3.8) is 0 Å². The lowest BCUT2D eigenvalue weighted by atomic mass is 9.88. The summed E-state index contributed by atoms with van der Waals surface area (Å²) in [6, 6.07) is 10.3. The molecular formula is C19H20N4O4. The number of aliphatic carboxylic acids is 1. The van der Waals surface area contributed by atoms with Crippen molar-refractivity contribution in [1.82, 2.24) is 19.9 Å². The van der Waals surface area contributed by atoms with E-state index in [9.17, 15) is 14.7 Å². The fourth-order valence-electron chi connectivity index (χ4n) is 2.95. The SMILES string of the molecule is COc1cccc(C(C)(CC(=O)O)NC(=O)c2ccc3nnc(C)n3c2)c1. The molecule has 0 bridgehead atoms. The number of carboxylic acids is 1. The maximum absolute atomic E-state index is 12.9. The Bertz CT molecular complexity index is 1010. The van der Waals surface area contributed by atoms with Crippen molar-refractivity contribution in [3.05, 3.63) is 59.5 Å². The highest BCUT2D eigenvalue weighted by Gasteiger charge is 2.32. The van der Waals surface area contributed by atoms with Crippen LogP contribution in [-0.2, 0) is 10.3 Å². The number of amides is 1. The highest BCUT2D eigenvalue weighted by Crippen LogP contribution is 2.28. The van der Waals surface area contributed by atoms with Crippen LogP contribution in [-0.4, -0.2) is 38.7 Å². The zero-order chi connectivity index (χ0) is 19.6. The van der Waals surface area contributed by atoms with Gasteiger partial charge in [0.05, 0.1) is 24.6 Å². The number of benzene rings is 1. The van der Waals surface area contributed by atoms with Crippen LogP contribution in [0.3, 0.4) is 0 Å². The molecule has 1 unspecified atom stereocenters. The molecule has 0 aliphatic rings. The average molecular weight is 368 g/mol. The van der Waals surface area contributed by atoms with Crippen LogP contribution in [0.5, 0.6) is 5.75 Å². The average Bonchev–Trinajstić information content (AvgIpc) is 3.01. The Kier molecular flexibility index (Phi) is 4.81. The normalized spacial score (nSPS) is 13.1. The van der Waals surface area contributed by atoms with E-state index in [0.717, 1.165) is 0 Å². The van der Waals surface area contributed by atoms with Gasteiger partial charge < -0.3 is 15.2 Å². The molecule has 1 aromatic carbocycles. The molecular weight excluding hydrogens is 348 g/mol. The van der Waals surface area contributed by atoms with Crippen LogP contribution >= 0.6 is 0 Å². The van der Waals surface area contributed by atoms with Crippen molar-refractivity contribution in [1.29, 1.82) is 0 Å². The van der Waals surface area contributed by atoms with E-state index in [1.54, 1.807) is 60.8 Å².